The molecule has 0 radical (unpaired) electrons. The molecule has 1 saturated heterocycles. The van der Waals surface area contributed by atoms with Gasteiger partial charge in [0, 0.05) is 44.2 Å². The summed E-state index contributed by atoms with van der Waals surface area (Å²) in [7, 11) is 0. The Balaban J connectivity index is 0.00000200. The number of amides is 1. The van der Waals surface area contributed by atoms with Crippen molar-refractivity contribution in [3.63, 3.8) is 0 Å². The lowest BCUT2D eigenvalue weighted by Crippen LogP contribution is -2.55. The van der Waals surface area contributed by atoms with Crippen LogP contribution in [0.4, 0.5) is 0 Å². The molecule has 0 aromatic carbocycles. The Morgan fingerprint density at radius 1 is 1.33 bits per heavy atom. The first-order chi connectivity index (χ1) is 8.97. The zero-order valence-electron chi connectivity index (χ0n) is 12.9. The van der Waals surface area contributed by atoms with E-state index in [9.17, 15) is 9.90 Å². The molecule has 5 nitrogen and oxygen atoms in total. The number of hydrogen-bond acceptors (Lipinski definition) is 4. The summed E-state index contributed by atoms with van der Waals surface area (Å²) in [5, 5.41) is 9.46. The van der Waals surface area contributed by atoms with Crippen molar-refractivity contribution in [1.29, 1.82) is 0 Å². The third-order valence-corrected chi connectivity index (χ3v) is 4.40. The number of nitrogens with two attached hydrogens (primary N) is 1. The van der Waals surface area contributed by atoms with E-state index < -0.39 is 0 Å². The van der Waals surface area contributed by atoms with E-state index in [4.69, 9.17) is 5.73 Å². The van der Waals surface area contributed by atoms with Gasteiger partial charge in [0.15, 0.2) is 0 Å². The van der Waals surface area contributed by atoms with Crippen molar-refractivity contribution >= 4 is 30.7 Å². The van der Waals surface area contributed by atoms with Gasteiger partial charge in [-0.05, 0) is 33.1 Å². The minimum Gasteiger partial charge on any atom is -0.392 e. The van der Waals surface area contributed by atoms with Gasteiger partial charge >= 0.3 is 0 Å². The maximum Gasteiger partial charge on any atom is 0.225 e. The molecule has 2 fully saturated rings. The molecule has 7 heteroatoms. The first-order valence-corrected chi connectivity index (χ1v) is 7.44. The zero-order chi connectivity index (χ0) is 14.0. The average molecular weight is 342 g/mol. The van der Waals surface area contributed by atoms with Crippen LogP contribution in [0, 0.1) is 5.92 Å². The molecular formula is C14H29Cl2N3O2. The lowest BCUT2D eigenvalue weighted by Gasteiger charge is -2.41. The van der Waals surface area contributed by atoms with Crippen molar-refractivity contribution in [2.24, 2.45) is 11.7 Å². The molecule has 1 heterocycles. The highest BCUT2D eigenvalue weighted by molar-refractivity contribution is 5.85. The highest BCUT2D eigenvalue weighted by Gasteiger charge is 2.34. The van der Waals surface area contributed by atoms with Crippen LogP contribution in [-0.2, 0) is 4.79 Å². The van der Waals surface area contributed by atoms with Gasteiger partial charge in [-0.15, -0.1) is 24.8 Å². The van der Waals surface area contributed by atoms with Gasteiger partial charge in [0.2, 0.25) is 5.91 Å². The molecule has 0 bridgehead atoms. The van der Waals surface area contributed by atoms with E-state index in [1.807, 2.05) is 11.8 Å². The summed E-state index contributed by atoms with van der Waals surface area (Å²) >= 11 is 0. The Morgan fingerprint density at radius 2 is 2.00 bits per heavy atom. The number of carbonyl (C=O) groups is 1. The standard InChI is InChI=1S/C14H27N3O2.2ClH/c1-10-8-17(6-5-16(10)9-11(2)18)14(19)12-3-4-13(15)7-12;;/h10-13,18H,3-9,15H2,1-2H3;2*1H. The minimum absolute atomic E-state index is 0. The molecule has 2 rings (SSSR count). The smallest absolute Gasteiger partial charge is 0.225 e. The molecule has 0 aromatic rings. The van der Waals surface area contributed by atoms with Gasteiger partial charge in [-0.3, -0.25) is 9.69 Å². The molecule has 1 aliphatic carbocycles. The molecule has 0 aromatic heterocycles. The molecule has 1 saturated carbocycles. The number of aliphatic hydroxyl groups excluding tert-OH is 1. The van der Waals surface area contributed by atoms with E-state index in [0.29, 0.717) is 12.6 Å². The second kappa shape index (κ2) is 9.16. The normalized spacial score (nSPS) is 31.2. The third-order valence-electron chi connectivity index (χ3n) is 4.40. The molecular weight excluding hydrogens is 313 g/mol. The van der Waals surface area contributed by atoms with Crippen LogP contribution in [-0.4, -0.2) is 65.2 Å². The first-order valence-electron chi connectivity index (χ1n) is 7.44. The SMILES string of the molecule is CC(O)CN1CCN(C(=O)C2CCC(N)C2)CC1C.Cl.Cl. The Bertz CT molecular complexity index is 331. The summed E-state index contributed by atoms with van der Waals surface area (Å²) < 4.78 is 0. The number of nitrogens with zero attached hydrogens (tertiary/aromatic N) is 2. The summed E-state index contributed by atoms with van der Waals surface area (Å²) in [5.74, 6) is 0.432. The van der Waals surface area contributed by atoms with Gasteiger partial charge in [-0.1, -0.05) is 0 Å². The Labute approximate surface area is 140 Å². The largest absolute Gasteiger partial charge is 0.392 e. The summed E-state index contributed by atoms with van der Waals surface area (Å²) in [6, 6.07) is 0.533. The van der Waals surface area contributed by atoms with E-state index in [1.165, 1.54) is 0 Å². The van der Waals surface area contributed by atoms with E-state index >= 15 is 0 Å². The van der Waals surface area contributed by atoms with Crippen molar-refractivity contribution in [2.75, 3.05) is 26.2 Å². The molecule has 3 N–H and O–H groups in total. The van der Waals surface area contributed by atoms with Crippen LogP contribution in [0.15, 0.2) is 0 Å². The fourth-order valence-electron chi connectivity index (χ4n) is 3.30. The zero-order valence-corrected chi connectivity index (χ0v) is 14.5. The summed E-state index contributed by atoms with van der Waals surface area (Å²) in [5.41, 5.74) is 5.89. The van der Waals surface area contributed by atoms with Gasteiger partial charge in [-0.2, -0.15) is 0 Å². The van der Waals surface area contributed by atoms with Crippen LogP contribution in [0.1, 0.15) is 33.1 Å². The fraction of sp³-hybridized carbons (Fsp3) is 0.929. The molecule has 4 unspecified atom stereocenters. The maximum absolute atomic E-state index is 12.4. The maximum atomic E-state index is 12.4. The van der Waals surface area contributed by atoms with Crippen LogP contribution in [0.3, 0.4) is 0 Å². The minimum atomic E-state index is -0.308. The lowest BCUT2D eigenvalue weighted by atomic mass is 10.0. The van der Waals surface area contributed by atoms with Crippen molar-refractivity contribution in [3.8, 4) is 0 Å². The molecule has 2 aliphatic rings. The van der Waals surface area contributed by atoms with Crippen LogP contribution in [0.2, 0.25) is 0 Å². The fourth-order valence-corrected chi connectivity index (χ4v) is 3.30. The molecule has 1 aliphatic heterocycles. The third kappa shape index (κ3) is 5.57. The highest BCUT2D eigenvalue weighted by atomic mass is 35.5. The number of aliphatic hydroxyl groups is 1. The average Bonchev–Trinajstić information content (AvgIpc) is 2.77. The van der Waals surface area contributed by atoms with E-state index in [-0.39, 0.29) is 48.8 Å². The van der Waals surface area contributed by atoms with Crippen molar-refractivity contribution in [2.45, 2.75) is 51.3 Å². The molecule has 1 amide bonds. The lowest BCUT2D eigenvalue weighted by molar-refractivity contribution is -0.138. The molecule has 4 atom stereocenters. The van der Waals surface area contributed by atoms with Crippen LogP contribution >= 0.6 is 24.8 Å². The van der Waals surface area contributed by atoms with Crippen LogP contribution in [0.5, 0.6) is 0 Å². The van der Waals surface area contributed by atoms with Gasteiger partial charge in [0.1, 0.15) is 0 Å². The Kier molecular flexibility index (Phi) is 9.12. The van der Waals surface area contributed by atoms with Crippen molar-refractivity contribution in [1.82, 2.24) is 9.80 Å². The summed E-state index contributed by atoms with van der Waals surface area (Å²) in [4.78, 5) is 16.7. The predicted molar refractivity (Wildman–Crippen MR) is 89.1 cm³/mol. The van der Waals surface area contributed by atoms with E-state index in [2.05, 4.69) is 11.8 Å². The van der Waals surface area contributed by atoms with Crippen molar-refractivity contribution < 1.29 is 9.90 Å². The quantitative estimate of drug-likeness (QED) is 0.799. The Morgan fingerprint density at radius 3 is 2.48 bits per heavy atom. The highest BCUT2D eigenvalue weighted by Crippen LogP contribution is 2.27. The second-order valence-electron chi connectivity index (χ2n) is 6.25. The van der Waals surface area contributed by atoms with Crippen LogP contribution < -0.4 is 5.73 Å². The first kappa shape index (κ1) is 20.9. The van der Waals surface area contributed by atoms with Gasteiger partial charge < -0.3 is 15.7 Å². The van der Waals surface area contributed by atoms with E-state index in [1.54, 1.807) is 0 Å². The number of β-amino-alcohol motifs (C(OH)–C–C–N with tert-alkyl or cyclic N) is 1. The number of carbonyl (C=O) groups excluding carboxylic acids is 1. The number of piperazine rings is 1. The molecule has 126 valence electrons. The number of rotatable bonds is 3. The topological polar surface area (TPSA) is 69.8 Å². The molecule has 21 heavy (non-hydrogen) atoms. The van der Waals surface area contributed by atoms with Crippen molar-refractivity contribution in [3.05, 3.63) is 0 Å². The predicted octanol–water partition coefficient (Wildman–Crippen LogP) is 0.871. The van der Waals surface area contributed by atoms with Crippen LogP contribution in [0.25, 0.3) is 0 Å². The van der Waals surface area contributed by atoms with E-state index in [0.717, 1.165) is 38.9 Å². The number of halogens is 2. The second-order valence-corrected chi connectivity index (χ2v) is 6.25. The molecule has 0 spiro atoms. The summed E-state index contributed by atoms with van der Waals surface area (Å²) in [6.45, 7) is 7.04. The monoisotopic (exact) mass is 341 g/mol. The number of hydrogen-bond donors (Lipinski definition) is 2. The van der Waals surface area contributed by atoms with Gasteiger partial charge in [0.25, 0.3) is 0 Å². The summed E-state index contributed by atoms with van der Waals surface area (Å²) in [6.07, 6.45) is 2.47. The van der Waals surface area contributed by atoms with Gasteiger partial charge in [0.05, 0.1) is 6.10 Å². The van der Waals surface area contributed by atoms with Gasteiger partial charge in [-0.25, -0.2) is 0 Å². The Hall–Kier alpha value is -0.0700.